The van der Waals surface area contributed by atoms with Crippen LogP contribution in [0.5, 0.6) is 5.75 Å². The van der Waals surface area contributed by atoms with Crippen molar-refractivity contribution in [2.45, 2.75) is 24.1 Å². The van der Waals surface area contributed by atoms with Crippen LogP contribution in [-0.4, -0.2) is 39.4 Å². The molecule has 0 aliphatic rings. The molecule has 0 spiro atoms. The lowest BCUT2D eigenvalue weighted by Crippen LogP contribution is -2.25. The number of aromatic hydroxyl groups is 1. The number of thioether (sulfide) groups is 1. The summed E-state index contributed by atoms with van der Waals surface area (Å²) in [4.78, 5) is 31.0. The highest BCUT2D eigenvalue weighted by Gasteiger charge is 2.10. The number of non-ortho nitro benzene ring substituents is 1. The molecular weight excluding hydrogens is 424 g/mol. The Labute approximate surface area is 181 Å². The molecule has 0 radical (unpaired) electrons. The average molecular weight is 445 g/mol. The molecule has 0 saturated carbocycles. The minimum atomic E-state index is -0.524. The summed E-state index contributed by atoms with van der Waals surface area (Å²) < 4.78 is 1.72. The van der Waals surface area contributed by atoms with Crippen molar-refractivity contribution in [2.75, 3.05) is 12.3 Å². The van der Waals surface area contributed by atoms with Gasteiger partial charge in [-0.15, -0.1) is 11.3 Å². The number of hydrogen-bond acceptors (Lipinski definition) is 8. The van der Waals surface area contributed by atoms with Crippen LogP contribution in [0.4, 0.5) is 11.4 Å². The van der Waals surface area contributed by atoms with Gasteiger partial charge < -0.3 is 10.4 Å². The van der Waals surface area contributed by atoms with Gasteiger partial charge in [-0.3, -0.25) is 19.9 Å². The molecule has 0 fully saturated rings. The van der Waals surface area contributed by atoms with Crippen LogP contribution in [0.2, 0.25) is 0 Å². The molecule has 0 saturated heterocycles. The van der Waals surface area contributed by atoms with Gasteiger partial charge in [-0.25, -0.2) is 4.98 Å². The zero-order valence-corrected chi connectivity index (χ0v) is 17.8. The Morgan fingerprint density at radius 1 is 1.37 bits per heavy atom. The predicted molar refractivity (Wildman–Crippen MR) is 120 cm³/mol. The molecule has 30 heavy (non-hydrogen) atoms. The summed E-state index contributed by atoms with van der Waals surface area (Å²) in [5.74, 6) is 0.231. The van der Waals surface area contributed by atoms with E-state index in [-0.39, 0.29) is 22.9 Å². The second-order valence-corrected chi connectivity index (χ2v) is 8.64. The Kier molecular flexibility index (Phi) is 7.36. The number of carbonyl (C=O) groups excluding carboxylic acids is 1. The second kappa shape index (κ2) is 10.2. The van der Waals surface area contributed by atoms with E-state index in [4.69, 9.17) is 0 Å². The van der Waals surface area contributed by atoms with E-state index < -0.39 is 4.92 Å². The van der Waals surface area contributed by atoms with Crippen molar-refractivity contribution in [1.29, 1.82) is 0 Å². The van der Waals surface area contributed by atoms with Gasteiger partial charge in [0.2, 0.25) is 5.91 Å². The lowest BCUT2D eigenvalue weighted by atomic mass is 10.2. The molecule has 0 bridgehead atoms. The number of unbranched alkanes of at least 4 members (excludes halogenated alkanes) is 1. The Balaban J connectivity index is 1.69. The zero-order valence-electron chi connectivity index (χ0n) is 16.2. The molecule has 1 amide bonds. The molecule has 0 aliphatic carbocycles. The van der Waals surface area contributed by atoms with Crippen molar-refractivity contribution in [3.63, 3.8) is 0 Å². The van der Waals surface area contributed by atoms with Crippen molar-refractivity contribution in [3.05, 3.63) is 52.1 Å². The minimum absolute atomic E-state index is 0.00485. The molecule has 0 unspecified atom stereocenters. The summed E-state index contributed by atoms with van der Waals surface area (Å²) in [5.41, 5.74) is 1.59. The van der Waals surface area contributed by atoms with Crippen molar-refractivity contribution in [1.82, 2.24) is 10.3 Å². The molecule has 0 atom stereocenters. The summed E-state index contributed by atoms with van der Waals surface area (Å²) in [5, 5.41) is 23.7. The van der Waals surface area contributed by atoms with E-state index in [0.717, 1.165) is 27.4 Å². The Morgan fingerprint density at radius 2 is 2.20 bits per heavy atom. The normalized spacial score (nSPS) is 11.2. The monoisotopic (exact) mass is 444 g/mol. The summed E-state index contributed by atoms with van der Waals surface area (Å²) >= 11 is 2.87. The van der Waals surface area contributed by atoms with Gasteiger partial charge in [0.15, 0.2) is 4.34 Å². The van der Waals surface area contributed by atoms with Crippen molar-refractivity contribution in [3.8, 4) is 5.75 Å². The molecule has 2 N–H and O–H groups in total. The molecule has 3 aromatic rings. The van der Waals surface area contributed by atoms with Crippen LogP contribution in [0.1, 0.15) is 25.3 Å². The van der Waals surface area contributed by atoms with Crippen LogP contribution in [0, 0.1) is 10.1 Å². The number of nitro benzene ring substituents is 1. The Morgan fingerprint density at radius 3 is 2.97 bits per heavy atom. The lowest BCUT2D eigenvalue weighted by Gasteiger charge is -2.01. The van der Waals surface area contributed by atoms with Gasteiger partial charge >= 0.3 is 0 Å². The number of fused-ring (bicyclic) bond motifs is 1. The third-order valence-corrected chi connectivity index (χ3v) is 6.27. The topological polar surface area (TPSA) is 118 Å². The van der Waals surface area contributed by atoms with Crippen LogP contribution in [0.3, 0.4) is 0 Å². The SMILES string of the molecule is CCCCNC(=O)CSc1nc2ccc(N=Cc3cc([N+](=O)[O-])ccc3O)cc2s1. The molecule has 156 valence electrons. The van der Waals surface area contributed by atoms with Crippen molar-refractivity contribution >= 4 is 56.8 Å². The Hall–Kier alpha value is -2.98. The molecule has 0 aliphatic heterocycles. The van der Waals surface area contributed by atoms with Crippen LogP contribution in [-0.2, 0) is 4.79 Å². The van der Waals surface area contributed by atoms with Gasteiger partial charge in [-0.1, -0.05) is 25.1 Å². The molecule has 3 rings (SSSR count). The molecule has 1 heterocycles. The maximum atomic E-state index is 11.8. The standard InChI is InChI=1S/C20H20N4O4S2/c1-2-3-8-21-19(26)12-29-20-23-16-6-4-14(10-18(16)30-20)22-11-13-9-15(24(27)28)5-7-17(13)25/h4-7,9-11,25H,2-3,8,12H2,1H3,(H,21,26). The third kappa shape index (κ3) is 5.77. The minimum Gasteiger partial charge on any atom is -0.507 e. The fraction of sp³-hybridized carbons (Fsp3) is 0.250. The number of nitro groups is 1. The molecular formula is C20H20N4O4S2. The smallest absolute Gasteiger partial charge is 0.270 e. The van der Waals surface area contributed by atoms with E-state index in [1.165, 1.54) is 47.5 Å². The van der Waals surface area contributed by atoms with Gasteiger partial charge in [0.05, 0.1) is 26.6 Å². The number of phenols is 1. The van der Waals surface area contributed by atoms with Crippen LogP contribution < -0.4 is 5.32 Å². The number of rotatable bonds is 9. The predicted octanol–water partition coefficient (Wildman–Crippen LogP) is 4.67. The number of phenolic OH excluding ortho intramolecular Hbond substituents is 1. The van der Waals surface area contributed by atoms with Crippen molar-refractivity contribution in [2.24, 2.45) is 4.99 Å². The van der Waals surface area contributed by atoms with Crippen LogP contribution in [0.25, 0.3) is 10.2 Å². The van der Waals surface area contributed by atoms with E-state index in [9.17, 15) is 20.0 Å². The average Bonchev–Trinajstić information content (AvgIpc) is 3.14. The van der Waals surface area contributed by atoms with E-state index >= 15 is 0 Å². The summed E-state index contributed by atoms with van der Waals surface area (Å²) in [6, 6.07) is 9.23. The summed E-state index contributed by atoms with van der Waals surface area (Å²) in [6.45, 7) is 2.77. The first-order valence-electron chi connectivity index (χ1n) is 9.28. The van der Waals surface area contributed by atoms with E-state index in [2.05, 4.69) is 22.2 Å². The number of aromatic nitrogens is 1. The van der Waals surface area contributed by atoms with Crippen LogP contribution >= 0.6 is 23.1 Å². The molecule has 2 aromatic carbocycles. The third-order valence-electron chi connectivity index (χ3n) is 4.11. The lowest BCUT2D eigenvalue weighted by molar-refractivity contribution is -0.384. The van der Waals surface area contributed by atoms with Gasteiger partial charge in [0.25, 0.3) is 5.69 Å². The van der Waals surface area contributed by atoms with Gasteiger partial charge in [-0.05, 0) is 30.7 Å². The first-order valence-corrected chi connectivity index (χ1v) is 11.1. The first-order chi connectivity index (χ1) is 14.5. The van der Waals surface area contributed by atoms with Crippen molar-refractivity contribution < 1.29 is 14.8 Å². The number of thiazole rings is 1. The fourth-order valence-corrected chi connectivity index (χ4v) is 4.45. The largest absolute Gasteiger partial charge is 0.507 e. The first kappa shape index (κ1) is 21.7. The van der Waals surface area contributed by atoms with E-state index in [1.54, 1.807) is 6.07 Å². The number of amides is 1. The molecule has 8 nitrogen and oxygen atoms in total. The van der Waals surface area contributed by atoms with Gasteiger partial charge in [-0.2, -0.15) is 0 Å². The number of carbonyl (C=O) groups is 1. The number of benzene rings is 2. The highest BCUT2D eigenvalue weighted by atomic mass is 32.2. The van der Waals surface area contributed by atoms with Gasteiger partial charge in [0.1, 0.15) is 5.75 Å². The van der Waals surface area contributed by atoms with Gasteiger partial charge in [0, 0.05) is 30.5 Å². The number of nitrogens with one attached hydrogen (secondary N) is 1. The fourth-order valence-electron chi connectivity index (χ4n) is 2.52. The highest BCUT2D eigenvalue weighted by Crippen LogP contribution is 2.32. The second-order valence-electron chi connectivity index (χ2n) is 6.38. The zero-order chi connectivity index (χ0) is 21.5. The molecule has 10 heteroatoms. The maximum Gasteiger partial charge on any atom is 0.270 e. The van der Waals surface area contributed by atoms with E-state index in [1.807, 2.05) is 12.1 Å². The van der Waals surface area contributed by atoms with Crippen LogP contribution in [0.15, 0.2) is 45.7 Å². The maximum absolute atomic E-state index is 11.8. The Bertz CT molecular complexity index is 1100. The van der Waals surface area contributed by atoms with E-state index in [0.29, 0.717) is 18.0 Å². The number of nitrogens with zero attached hydrogens (tertiary/aromatic N) is 3. The molecule has 1 aromatic heterocycles. The summed E-state index contributed by atoms with van der Waals surface area (Å²) in [6.07, 6.45) is 3.40. The summed E-state index contributed by atoms with van der Waals surface area (Å²) in [7, 11) is 0. The number of aliphatic imine (C=N–C) groups is 1. The highest BCUT2D eigenvalue weighted by molar-refractivity contribution is 8.01. The number of hydrogen-bond donors (Lipinski definition) is 2. The quantitative estimate of drug-likeness (QED) is 0.163.